The number of aromatic hydroxyl groups is 1. The molecule has 33 heavy (non-hydrogen) atoms. The van der Waals surface area contributed by atoms with Crippen molar-refractivity contribution in [1.29, 1.82) is 0 Å². The Morgan fingerprint density at radius 2 is 1.67 bits per heavy atom. The fourth-order valence-corrected chi connectivity index (χ4v) is 9.25. The summed E-state index contributed by atoms with van der Waals surface area (Å²) in [7, 11) is 0. The number of benzene rings is 2. The second kappa shape index (κ2) is 10.1. The number of ketones is 1. The van der Waals surface area contributed by atoms with Gasteiger partial charge in [-0.15, -0.1) is 0 Å². The highest BCUT2D eigenvalue weighted by atomic mass is 127. The van der Waals surface area contributed by atoms with E-state index in [0.29, 0.717) is 45.5 Å². The lowest BCUT2D eigenvalue weighted by molar-refractivity contribution is -0.111. The molecule has 0 aromatic heterocycles. The summed E-state index contributed by atoms with van der Waals surface area (Å²) < 4.78 is 9.60. The van der Waals surface area contributed by atoms with Crippen molar-refractivity contribution in [2.24, 2.45) is 5.92 Å². The SMILES string of the molecule is O=C1C(I)=CC2C(=C1Cl)Oc1c(cc(I)c(O)c1I)C2c1c(Br)c(Br)c(Br)c(Br)c1C(=O)O. The smallest absolute Gasteiger partial charge is 0.337 e. The second-order valence-corrected chi connectivity index (χ2v) is 13.9. The Morgan fingerprint density at radius 3 is 2.27 bits per heavy atom. The number of hydrogen-bond donors (Lipinski definition) is 2. The topological polar surface area (TPSA) is 83.8 Å². The van der Waals surface area contributed by atoms with E-state index >= 15 is 0 Å². The number of halogens is 8. The lowest BCUT2D eigenvalue weighted by Crippen LogP contribution is -2.31. The number of aromatic carboxylic acids is 1. The lowest BCUT2D eigenvalue weighted by atomic mass is 9.74. The maximum absolute atomic E-state index is 12.6. The molecule has 5 nitrogen and oxygen atoms in total. The zero-order valence-electron chi connectivity index (χ0n) is 15.5. The number of carbonyl (C=O) groups excluding carboxylic acids is 1. The molecule has 2 aromatic carbocycles. The summed E-state index contributed by atoms with van der Waals surface area (Å²) in [4.78, 5) is 25.1. The maximum atomic E-state index is 12.6. The van der Waals surface area contributed by atoms with Gasteiger partial charge in [0.15, 0.2) is 0 Å². The summed E-state index contributed by atoms with van der Waals surface area (Å²) in [5.41, 5.74) is 1.18. The van der Waals surface area contributed by atoms with Gasteiger partial charge < -0.3 is 14.9 Å². The first-order valence-corrected chi connectivity index (χ1v) is 15.5. The Bertz CT molecular complexity index is 1360. The molecule has 172 valence electrons. The Labute approximate surface area is 267 Å². The number of carboxylic acid groups (broad SMARTS) is 1. The zero-order valence-corrected chi connectivity index (χ0v) is 29.0. The van der Waals surface area contributed by atoms with Gasteiger partial charge in [-0.25, -0.2) is 4.79 Å². The standard InChI is InChI=1S/C20H6Br4ClI3O5/c21-10-8(9(20(31)32)11(22)13(24)12(10)23)7-3-1-5(26)16(29)14(25)18(3)33-19-4(7)2-6(27)17(30)15(19)28/h1-3,7,30H,(H,31,32). The van der Waals surface area contributed by atoms with Crippen LogP contribution in [0.1, 0.15) is 27.4 Å². The molecule has 2 aromatic rings. The van der Waals surface area contributed by atoms with E-state index in [0.717, 1.165) is 0 Å². The van der Waals surface area contributed by atoms with Crippen LogP contribution in [0.2, 0.25) is 0 Å². The van der Waals surface area contributed by atoms with Gasteiger partial charge in [0.2, 0.25) is 5.78 Å². The molecule has 1 heterocycles. The molecule has 0 saturated carbocycles. The van der Waals surface area contributed by atoms with Crippen molar-refractivity contribution in [3.63, 3.8) is 0 Å². The lowest BCUT2D eigenvalue weighted by Gasteiger charge is -2.38. The molecule has 2 unspecified atom stereocenters. The van der Waals surface area contributed by atoms with E-state index in [1.807, 2.05) is 67.8 Å². The quantitative estimate of drug-likeness (QED) is 0.179. The second-order valence-electron chi connectivity index (χ2n) is 6.92. The number of ether oxygens (including phenoxy) is 1. The fraction of sp³-hybridized carbons (Fsp3) is 0.100. The molecular formula is C20H6Br4ClI3O5. The average Bonchev–Trinajstić information content (AvgIpc) is 2.76. The largest absolute Gasteiger partial charge is 0.506 e. The number of Topliss-reactive ketones (excluding diaryl/α,β-unsaturated/α-hetero) is 1. The Hall–Kier alpha value is 1.06. The number of phenolic OH excluding ortho intramolecular Hbond substituents is 1. The molecule has 2 atom stereocenters. The number of allylic oxidation sites excluding steroid dienone is 3. The minimum atomic E-state index is -1.14. The minimum Gasteiger partial charge on any atom is -0.506 e. The minimum absolute atomic E-state index is 0.0341. The first kappa shape index (κ1) is 27.1. The van der Waals surface area contributed by atoms with Crippen LogP contribution in [0.25, 0.3) is 0 Å². The molecule has 2 aliphatic rings. The van der Waals surface area contributed by atoms with Crippen LogP contribution < -0.4 is 4.74 Å². The third kappa shape index (κ3) is 4.41. The number of hydrogen-bond acceptors (Lipinski definition) is 4. The summed E-state index contributed by atoms with van der Waals surface area (Å²) in [6, 6.07) is 1.77. The molecule has 2 N–H and O–H groups in total. The molecule has 0 amide bonds. The molecule has 0 radical (unpaired) electrons. The van der Waals surface area contributed by atoms with Gasteiger partial charge in [0.25, 0.3) is 0 Å². The van der Waals surface area contributed by atoms with Crippen LogP contribution in [0.4, 0.5) is 0 Å². The van der Waals surface area contributed by atoms with Crippen LogP contribution in [-0.4, -0.2) is 22.0 Å². The molecule has 4 rings (SSSR count). The van der Waals surface area contributed by atoms with E-state index in [1.54, 1.807) is 12.1 Å². The van der Waals surface area contributed by atoms with Crippen LogP contribution in [0, 0.1) is 13.1 Å². The van der Waals surface area contributed by atoms with Crippen LogP contribution in [0.15, 0.2) is 44.4 Å². The summed E-state index contributed by atoms with van der Waals surface area (Å²) in [5.74, 6) is -2.07. The number of carbonyl (C=O) groups is 2. The normalized spacial score (nSPS) is 19.6. The molecule has 1 aliphatic carbocycles. The van der Waals surface area contributed by atoms with Crippen molar-refractivity contribution >= 4 is 155 Å². The number of rotatable bonds is 2. The van der Waals surface area contributed by atoms with E-state index < -0.39 is 17.8 Å². The third-order valence-corrected chi connectivity index (χ3v) is 13.0. The predicted octanol–water partition coefficient (Wildman–Crippen LogP) is 8.84. The van der Waals surface area contributed by atoms with Crippen LogP contribution in [0.3, 0.4) is 0 Å². The van der Waals surface area contributed by atoms with Gasteiger partial charge in [-0.05, 0) is 143 Å². The van der Waals surface area contributed by atoms with Crippen molar-refractivity contribution in [3.05, 3.63) is 68.2 Å². The summed E-state index contributed by atoms with van der Waals surface area (Å²) >= 11 is 26.3. The first-order chi connectivity index (χ1) is 15.4. The van der Waals surface area contributed by atoms with Crippen molar-refractivity contribution in [2.45, 2.75) is 5.92 Å². The van der Waals surface area contributed by atoms with E-state index in [9.17, 15) is 19.8 Å². The van der Waals surface area contributed by atoms with Gasteiger partial charge in [-0.2, -0.15) is 0 Å². The summed E-state index contributed by atoms with van der Waals surface area (Å²) in [6.45, 7) is 0. The molecule has 0 bridgehead atoms. The molecule has 0 saturated heterocycles. The maximum Gasteiger partial charge on any atom is 0.337 e. The number of phenols is 1. The number of fused-ring (bicyclic) bond motifs is 2. The highest BCUT2D eigenvalue weighted by molar-refractivity contribution is 14.1. The predicted molar refractivity (Wildman–Crippen MR) is 164 cm³/mol. The van der Waals surface area contributed by atoms with Gasteiger partial charge in [-0.1, -0.05) is 17.7 Å². The van der Waals surface area contributed by atoms with Crippen molar-refractivity contribution in [1.82, 2.24) is 0 Å². The van der Waals surface area contributed by atoms with E-state index in [2.05, 4.69) is 63.7 Å². The van der Waals surface area contributed by atoms with Crippen molar-refractivity contribution < 1.29 is 24.5 Å². The van der Waals surface area contributed by atoms with Crippen molar-refractivity contribution in [3.8, 4) is 11.5 Å². The fourth-order valence-electron chi connectivity index (χ4n) is 3.77. The van der Waals surface area contributed by atoms with E-state index in [1.165, 1.54) is 0 Å². The van der Waals surface area contributed by atoms with Crippen molar-refractivity contribution in [2.75, 3.05) is 0 Å². The Morgan fingerprint density at radius 1 is 1.06 bits per heavy atom. The van der Waals surface area contributed by atoms with E-state index in [-0.39, 0.29) is 27.9 Å². The molecule has 1 aliphatic heterocycles. The summed E-state index contributed by atoms with van der Waals surface area (Å²) in [6.07, 6.45) is 1.74. The van der Waals surface area contributed by atoms with Gasteiger partial charge in [0.05, 0.1) is 16.3 Å². The summed E-state index contributed by atoms with van der Waals surface area (Å²) in [5, 5.41) is 20.7. The van der Waals surface area contributed by atoms with Crippen LogP contribution in [0.5, 0.6) is 11.5 Å². The van der Waals surface area contributed by atoms with Gasteiger partial charge in [-0.3, -0.25) is 4.79 Å². The van der Waals surface area contributed by atoms with Gasteiger partial charge in [0.1, 0.15) is 22.3 Å². The first-order valence-electron chi connectivity index (χ1n) is 8.67. The molecule has 13 heteroatoms. The van der Waals surface area contributed by atoms with Gasteiger partial charge in [0, 0.05) is 35.3 Å². The molecular weight excluding hydrogens is 1060 g/mol. The highest BCUT2D eigenvalue weighted by Gasteiger charge is 2.45. The molecule has 0 spiro atoms. The molecule has 0 fully saturated rings. The Kier molecular flexibility index (Phi) is 8.28. The van der Waals surface area contributed by atoms with E-state index in [4.69, 9.17) is 16.3 Å². The average molecular weight is 1060 g/mol. The zero-order chi connectivity index (χ0) is 24.5. The Balaban J connectivity index is 2.19. The highest BCUT2D eigenvalue weighted by Crippen LogP contribution is 2.57. The van der Waals surface area contributed by atoms with Crippen LogP contribution in [-0.2, 0) is 4.79 Å². The number of carboxylic acids is 1. The third-order valence-electron chi connectivity index (χ3n) is 5.17. The van der Waals surface area contributed by atoms with Crippen LogP contribution >= 0.6 is 143 Å². The van der Waals surface area contributed by atoms with Gasteiger partial charge >= 0.3 is 5.97 Å². The monoisotopic (exact) mass is 1060 g/mol.